The van der Waals surface area contributed by atoms with E-state index in [1.54, 1.807) is 13.8 Å². The van der Waals surface area contributed by atoms with Gasteiger partial charge in [-0.25, -0.2) is 0 Å². The number of aliphatic carboxylic acids is 1. The standard InChI is InChI=1S/C5H11NO2.HI/c1-3(2)4(6)5(7)8;/h3-4H,6H2,1-2H3,(H,7,8);1H/t4-;/m0./s1. The summed E-state index contributed by atoms with van der Waals surface area (Å²) in [4.78, 5) is 10.0. The van der Waals surface area contributed by atoms with Crippen LogP contribution in [0, 0.1) is 5.92 Å². The maximum Gasteiger partial charge on any atom is 0.320 e. The van der Waals surface area contributed by atoms with Gasteiger partial charge in [-0.3, -0.25) is 4.79 Å². The van der Waals surface area contributed by atoms with E-state index < -0.39 is 12.0 Å². The molecule has 0 aliphatic rings. The van der Waals surface area contributed by atoms with Crippen molar-refractivity contribution in [1.82, 2.24) is 0 Å². The third-order valence-corrected chi connectivity index (χ3v) is 1.00. The van der Waals surface area contributed by atoms with Crippen LogP contribution >= 0.6 is 24.0 Å². The van der Waals surface area contributed by atoms with E-state index in [-0.39, 0.29) is 29.9 Å². The lowest BCUT2D eigenvalue weighted by Gasteiger charge is -2.07. The zero-order valence-electron chi connectivity index (χ0n) is 5.50. The Kier molecular flexibility index (Phi) is 6.59. The van der Waals surface area contributed by atoms with Crippen LogP contribution in [0.5, 0.6) is 0 Å². The van der Waals surface area contributed by atoms with E-state index in [4.69, 9.17) is 10.8 Å². The summed E-state index contributed by atoms with van der Waals surface area (Å²) in [6, 6.07) is -0.713. The minimum Gasteiger partial charge on any atom is -0.480 e. The third-order valence-electron chi connectivity index (χ3n) is 1.00. The van der Waals surface area contributed by atoms with Crippen molar-refractivity contribution in [2.45, 2.75) is 19.9 Å². The second kappa shape index (κ2) is 4.99. The molecule has 0 heterocycles. The molecule has 3 N–H and O–H groups in total. The highest BCUT2D eigenvalue weighted by Gasteiger charge is 2.14. The molecule has 0 bridgehead atoms. The molecular formula is C5H12INO2. The number of carboxylic acid groups (broad SMARTS) is 1. The van der Waals surface area contributed by atoms with Crippen molar-refractivity contribution in [3.63, 3.8) is 0 Å². The summed E-state index contributed by atoms with van der Waals surface area (Å²) in [5.74, 6) is -0.910. The summed E-state index contributed by atoms with van der Waals surface area (Å²) in [7, 11) is 0. The molecule has 0 amide bonds. The summed E-state index contributed by atoms with van der Waals surface area (Å²) in [6.45, 7) is 3.55. The molecule has 0 aliphatic heterocycles. The van der Waals surface area contributed by atoms with E-state index in [0.29, 0.717) is 0 Å². The normalized spacial score (nSPS) is 12.4. The van der Waals surface area contributed by atoms with Gasteiger partial charge >= 0.3 is 5.97 Å². The van der Waals surface area contributed by atoms with E-state index in [2.05, 4.69) is 0 Å². The van der Waals surface area contributed by atoms with Crippen LogP contribution < -0.4 is 5.73 Å². The molecule has 4 heteroatoms. The second-order valence-corrected chi connectivity index (χ2v) is 2.11. The molecule has 56 valence electrons. The van der Waals surface area contributed by atoms with Gasteiger partial charge in [0.2, 0.25) is 0 Å². The number of carbonyl (C=O) groups is 1. The van der Waals surface area contributed by atoms with Gasteiger partial charge in [0.1, 0.15) is 6.04 Å². The van der Waals surface area contributed by atoms with Crippen molar-refractivity contribution >= 4 is 29.9 Å². The van der Waals surface area contributed by atoms with E-state index >= 15 is 0 Å². The van der Waals surface area contributed by atoms with Crippen LogP contribution in [0.2, 0.25) is 0 Å². The van der Waals surface area contributed by atoms with Crippen LogP contribution in [0.4, 0.5) is 0 Å². The first-order valence-electron chi connectivity index (χ1n) is 2.54. The van der Waals surface area contributed by atoms with Gasteiger partial charge in [0.05, 0.1) is 0 Å². The van der Waals surface area contributed by atoms with Crippen LogP contribution in [-0.4, -0.2) is 17.1 Å². The third kappa shape index (κ3) is 4.65. The van der Waals surface area contributed by atoms with Gasteiger partial charge in [0.15, 0.2) is 0 Å². The summed E-state index contributed by atoms with van der Waals surface area (Å²) in [5, 5.41) is 8.23. The van der Waals surface area contributed by atoms with Crippen molar-refractivity contribution < 1.29 is 9.90 Å². The summed E-state index contributed by atoms with van der Waals surface area (Å²) in [6.07, 6.45) is 0. The highest BCUT2D eigenvalue weighted by Crippen LogP contribution is 1.96. The zero-order valence-corrected chi connectivity index (χ0v) is 7.83. The van der Waals surface area contributed by atoms with Crippen molar-refractivity contribution in [1.29, 1.82) is 0 Å². The summed E-state index contributed by atoms with van der Waals surface area (Å²) in [5.41, 5.74) is 5.16. The van der Waals surface area contributed by atoms with Crippen LogP contribution in [0.15, 0.2) is 0 Å². The number of hydrogen-bond acceptors (Lipinski definition) is 2. The quantitative estimate of drug-likeness (QED) is 0.703. The first kappa shape index (κ1) is 11.9. The van der Waals surface area contributed by atoms with Crippen molar-refractivity contribution in [2.24, 2.45) is 11.7 Å². The maximum atomic E-state index is 10.0. The molecule has 0 fully saturated rings. The fraction of sp³-hybridized carbons (Fsp3) is 0.800. The second-order valence-electron chi connectivity index (χ2n) is 2.11. The fourth-order valence-electron chi connectivity index (χ4n) is 0.285. The molecule has 0 unspecified atom stereocenters. The summed E-state index contributed by atoms with van der Waals surface area (Å²) >= 11 is 0. The average Bonchev–Trinajstić information content (AvgIpc) is 1.64. The minimum absolute atomic E-state index is 0. The molecule has 0 radical (unpaired) electrons. The molecule has 0 saturated carbocycles. The Morgan fingerprint density at radius 3 is 1.89 bits per heavy atom. The number of carboxylic acids is 1. The molecule has 0 aromatic carbocycles. The highest BCUT2D eigenvalue weighted by molar-refractivity contribution is 14.0. The fourth-order valence-corrected chi connectivity index (χ4v) is 0.285. The molecule has 1 atom stereocenters. The lowest BCUT2D eigenvalue weighted by atomic mass is 10.1. The van der Waals surface area contributed by atoms with Crippen LogP contribution in [-0.2, 0) is 4.79 Å². The van der Waals surface area contributed by atoms with Gasteiger partial charge in [0, 0.05) is 0 Å². The lowest BCUT2D eigenvalue weighted by molar-refractivity contribution is -0.139. The number of hydrogen-bond donors (Lipinski definition) is 2. The average molecular weight is 245 g/mol. The highest BCUT2D eigenvalue weighted by atomic mass is 127. The molecular weight excluding hydrogens is 233 g/mol. The Morgan fingerprint density at radius 1 is 1.56 bits per heavy atom. The molecule has 3 nitrogen and oxygen atoms in total. The topological polar surface area (TPSA) is 63.3 Å². The Hall–Kier alpha value is 0.160. The van der Waals surface area contributed by atoms with Crippen molar-refractivity contribution in [3.8, 4) is 0 Å². The van der Waals surface area contributed by atoms with Gasteiger partial charge in [-0.15, -0.1) is 24.0 Å². The number of halogens is 1. The predicted molar refractivity (Wildman–Crippen MR) is 45.9 cm³/mol. The molecule has 0 saturated heterocycles. The van der Waals surface area contributed by atoms with Crippen LogP contribution in [0.25, 0.3) is 0 Å². The van der Waals surface area contributed by atoms with E-state index in [1.807, 2.05) is 0 Å². The lowest BCUT2D eigenvalue weighted by Crippen LogP contribution is -2.34. The smallest absolute Gasteiger partial charge is 0.320 e. The molecule has 0 spiro atoms. The number of rotatable bonds is 2. The van der Waals surface area contributed by atoms with Crippen LogP contribution in [0.3, 0.4) is 0 Å². The van der Waals surface area contributed by atoms with Gasteiger partial charge < -0.3 is 10.8 Å². The van der Waals surface area contributed by atoms with Gasteiger partial charge in [-0.2, -0.15) is 0 Å². The molecule has 0 rings (SSSR count). The predicted octanol–water partition coefficient (Wildman–Crippen LogP) is 0.672. The summed E-state index contributed by atoms with van der Waals surface area (Å²) < 4.78 is 0. The minimum atomic E-state index is -0.931. The largest absolute Gasteiger partial charge is 0.480 e. The van der Waals surface area contributed by atoms with Gasteiger partial charge in [0.25, 0.3) is 0 Å². The first-order chi connectivity index (χ1) is 3.55. The van der Waals surface area contributed by atoms with Gasteiger partial charge in [-0.05, 0) is 5.92 Å². The number of nitrogens with two attached hydrogens (primary N) is 1. The van der Waals surface area contributed by atoms with Crippen molar-refractivity contribution in [2.75, 3.05) is 0 Å². The Balaban J connectivity index is 0. The van der Waals surface area contributed by atoms with E-state index in [9.17, 15) is 4.79 Å². The first-order valence-corrected chi connectivity index (χ1v) is 2.54. The van der Waals surface area contributed by atoms with E-state index in [0.717, 1.165) is 0 Å². The molecule has 0 aromatic rings. The zero-order chi connectivity index (χ0) is 6.73. The van der Waals surface area contributed by atoms with Crippen LogP contribution in [0.1, 0.15) is 13.8 Å². The monoisotopic (exact) mass is 245 g/mol. The van der Waals surface area contributed by atoms with E-state index in [1.165, 1.54) is 0 Å². The Morgan fingerprint density at radius 2 is 1.89 bits per heavy atom. The molecule has 9 heavy (non-hydrogen) atoms. The molecule has 0 aliphatic carbocycles. The van der Waals surface area contributed by atoms with Crippen molar-refractivity contribution in [3.05, 3.63) is 0 Å². The Labute approximate surface area is 71.6 Å². The maximum absolute atomic E-state index is 10.0. The van der Waals surface area contributed by atoms with Gasteiger partial charge in [-0.1, -0.05) is 13.8 Å². The SMILES string of the molecule is CC(C)[C@H](N)C(=O)O.I. The Bertz CT molecular complexity index is 95.0. The molecule has 0 aromatic heterocycles.